The maximum Gasteiger partial charge on any atom is 0.221 e. The van der Waals surface area contributed by atoms with Crippen LogP contribution in [0.5, 0.6) is 0 Å². The van der Waals surface area contributed by atoms with Crippen molar-refractivity contribution in [1.82, 2.24) is 14.9 Å². The van der Waals surface area contributed by atoms with Crippen molar-refractivity contribution in [1.29, 1.82) is 0 Å². The summed E-state index contributed by atoms with van der Waals surface area (Å²) in [5, 5.41) is 14.9. The van der Waals surface area contributed by atoms with E-state index < -0.39 is 0 Å². The first-order chi connectivity index (χ1) is 13.2. The van der Waals surface area contributed by atoms with E-state index in [-0.39, 0.29) is 0 Å². The number of furan rings is 2. The number of rotatable bonds is 3. The Morgan fingerprint density at radius 2 is 1.89 bits per heavy atom. The van der Waals surface area contributed by atoms with Crippen LogP contribution in [-0.4, -0.2) is 26.3 Å². The van der Waals surface area contributed by atoms with Crippen molar-refractivity contribution in [3.05, 3.63) is 64.5 Å². The molecular formula is C18H10Cl2N4O2S. The monoisotopic (exact) mass is 416 g/mol. The molecule has 134 valence electrons. The van der Waals surface area contributed by atoms with Crippen molar-refractivity contribution in [3.8, 4) is 22.9 Å². The fourth-order valence-electron chi connectivity index (χ4n) is 2.73. The van der Waals surface area contributed by atoms with Crippen molar-refractivity contribution in [3.63, 3.8) is 0 Å². The lowest BCUT2D eigenvalue weighted by Gasteiger charge is -2.11. The lowest BCUT2D eigenvalue weighted by Crippen LogP contribution is -2.13. The zero-order valence-electron chi connectivity index (χ0n) is 13.6. The molecule has 0 fully saturated rings. The van der Waals surface area contributed by atoms with Crippen molar-refractivity contribution < 1.29 is 8.83 Å². The number of nitrogens with zero attached hydrogens (tertiary/aromatic N) is 4. The predicted octanol–water partition coefficient (Wildman–Crippen LogP) is 5.46. The Kier molecular flexibility index (Phi) is 4.07. The average molecular weight is 417 g/mol. The van der Waals surface area contributed by atoms with Crippen molar-refractivity contribution in [2.45, 2.75) is 5.16 Å². The van der Waals surface area contributed by atoms with Gasteiger partial charge >= 0.3 is 0 Å². The van der Waals surface area contributed by atoms with Gasteiger partial charge in [0.25, 0.3) is 0 Å². The van der Waals surface area contributed by atoms with Crippen LogP contribution in [0.3, 0.4) is 0 Å². The van der Waals surface area contributed by atoms with Gasteiger partial charge in [0.2, 0.25) is 11.0 Å². The summed E-state index contributed by atoms with van der Waals surface area (Å²) in [5.74, 6) is 3.05. The lowest BCUT2D eigenvalue weighted by molar-refractivity contribution is 0.565. The van der Waals surface area contributed by atoms with Gasteiger partial charge in [0.15, 0.2) is 11.5 Å². The number of halogens is 2. The summed E-state index contributed by atoms with van der Waals surface area (Å²) in [4.78, 5) is 0. The highest BCUT2D eigenvalue weighted by Gasteiger charge is 2.23. The van der Waals surface area contributed by atoms with E-state index in [1.807, 2.05) is 18.2 Å². The van der Waals surface area contributed by atoms with Crippen LogP contribution < -0.4 is 0 Å². The molecule has 0 amide bonds. The number of benzene rings is 1. The van der Waals surface area contributed by atoms with E-state index in [0.717, 1.165) is 11.3 Å². The van der Waals surface area contributed by atoms with E-state index in [9.17, 15) is 0 Å². The third-order valence-electron chi connectivity index (χ3n) is 4.00. The highest BCUT2D eigenvalue weighted by Crippen LogP contribution is 2.33. The second kappa shape index (κ2) is 6.60. The summed E-state index contributed by atoms with van der Waals surface area (Å²) >= 11 is 13.9. The van der Waals surface area contributed by atoms with Crippen LogP contribution >= 0.6 is 35.0 Å². The van der Waals surface area contributed by atoms with Gasteiger partial charge < -0.3 is 8.83 Å². The molecule has 6 nitrogen and oxygen atoms in total. The zero-order chi connectivity index (χ0) is 18.4. The molecule has 3 aromatic heterocycles. The van der Waals surface area contributed by atoms with Gasteiger partial charge in [-0.25, -0.2) is 0 Å². The number of aromatic nitrogens is 3. The number of hydrogen-bond acceptors (Lipinski definition) is 6. The molecule has 9 heteroatoms. The number of fused-ring (bicyclic) bond motifs is 1. The molecule has 0 bridgehead atoms. The smallest absolute Gasteiger partial charge is 0.221 e. The molecule has 0 N–H and O–H groups in total. The van der Waals surface area contributed by atoms with E-state index in [2.05, 4.69) is 15.3 Å². The first-order valence-corrected chi connectivity index (χ1v) is 9.69. The predicted molar refractivity (Wildman–Crippen MR) is 105 cm³/mol. The molecule has 0 aliphatic carbocycles. The lowest BCUT2D eigenvalue weighted by atomic mass is 10.2. The molecule has 1 aromatic carbocycles. The fourth-order valence-corrected chi connectivity index (χ4v) is 3.93. The second-order valence-electron chi connectivity index (χ2n) is 5.72. The van der Waals surface area contributed by atoms with Crippen LogP contribution in [-0.2, 0) is 0 Å². The van der Waals surface area contributed by atoms with Crippen molar-refractivity contribution in [2.75, 3.05) is 5.75 Å². The molecule has 0 spiro atoms. The van der Waals surface area contributed by atoms with Crippen LogP contribution in [0.15, 0.2) is 67.8 Å². The third kappa shape index (κ3) is 2.97. The van der Waals surface area contributed by atoms with Crippen molar-refractivity contribution in [2.24, 2.45) is 5.10 Å². The van der Waals surface area contributed by atoms with Gasteiger partial charge in [0, 0.05) is 16.3 Å². The Morgan fingerprint density at radius 3 is 2.74 bits per heavy atom. The van der Waals surface area contributed by atoms with E-state index >= 15 is 0 Å². The maximum absolute atomic E-state index is 6.27. The average Bonchev–Trinajstić information content (AvgIpc) is 3.43. The molecule has 1 aliphatic heterocycles. The van der Waals surface area contributed by atoms with E-state index in [0.29, 0.717) is 44.1 Å². The van der Waals surface area contributed by atoms with Crippen LogP contribution in [0.2, 0.25) is 10.0 Å². The van der Waals surface area contributed by atoms with Crippen LogP contribution in [0.1, 0.15) is 5.76 Å². The third-order valence-corrected chi connectivity index (χ3v) is 5.49. The normalized spacial score (nSPS) is 13.5. The standard InChI is InChI=1S/C18H10Cl2N4O2S/c19-10-3-4-12(20)11(8-10)14-5-6-15(26-14)13-9-27-18-22-21-17(24(18)23-13)16-2-1-7-25-16/h1-8H,9H2. The zero-order valence-corrected chi connectivity index (χ0v) is 15.9. The Labute approximate surface area is 167 Å². The van der Waals surface area contributed by atoms with Gasteiger partial charge in [-0.05, 0) is 42.5 Å². The summed E-state index contributed by atoms with van der Waals surface area (Å²) in [6.45, 7) is 0. The molecule has 27 heavy (non-hydrogen) atoms. The molecule has 1 aliphatic rings. The Hall–Kier alpha value is -2.48. The SMILES string of the molecule is Clc1ccc(Cl)c(-c2ccc(C3=Nn4c(nnc4-c4ccco4)SC3)o2)c1. The molecule has 0 radical (unpaired) electrons. The van der Waals surface area contributed by atoms with Crippen molar-refractivity contribution >= 4 is 40.7 Å². The Balaban J connectivity index is 1.54. The van der Waals surface area contributed by atoms with Crippen LogP contribution in [0.25, 0.3) is 22.9 Å². The summed E-state index contributed by atoms with van der Waals surface area (Å²) in [6, 6.07) is 12.6. The molecular weight excluding hydrogens is 407 g/mol. The summed E-state index contributed by atoms with van der Waals surface area (Å²) < 4.78 is 13.1. The second-order valence-corrected chi connectivity index (χ2v) is 7.50. The van der Waals surface area contributed by atoms with Crippen LogP contribution in [0, 0.1) is 0 Å². The number of hydrogen-bond donors (Lipinski definition) is 0. The van der Waals surface area contributed by atoms with Gasteiger partial charge in [-0.2, -0.15) is 9.78 Å². The van der Waals surface area contributed by atoms with E-state index in [1.54, 1.807) is 35.2 Å². The highest BCUT2D eigenvalue weighted by atomic mass is 35.5. The summed E-state index contributed by atoms with van der Waals surface area (Å²) in [6.07, 6.45) is 1.59. The Bertz CT molecular complexity index is 1160. The summed E-state index contributed by atoms with van der Waals surface area (Å²) in [5.41, 5.74) is 1.50. The minimum atomic E-state index is 0.546. The van der Waals surface area contributed by atoms with E-state index in [4.69, 9.17) is 32.0 Å². The Morgan fingerprint density at radius 1 is 1.00 bits per heavy atom. The molecule has 0 saturated carbocycles. The van der Waals surface area contributed by atoms with E-state index in [1.165, 1.54) is 11.8 Å². The van der Waals surface area contributed by atoms with Crippen LogP contribution in [0.4, 0.5) is 0 Å². The largest absolute Gasteiger partial charge is 0.461 e. The fraction of sp³-hybridized carbons (Fsp3) is 0.0556. The minimum Gasteiger partial charge on any atom is -0.461 e. The highest BCUT2D eigenvalue weighted by molar-refractivity contribution is 7.99. The first-order valence-electron chi connectivity index (χ1n) is 7.94. The topological polar surface area (TPSA) is 69.3 Å². The van der Waals surface area contributed by atoms with Gasteiger partial charge in [-0.3, -0.25) is 0 Å². The molecule has 5 rings (SSSR count). The quantitative estimate of drug-likeness (QED) is 0.443. The molecule has 4 aromatic rings. The molecule has 4 heterocycles. The molecule has 0 saturated heterocycles. The number of thioether (sulfide) groups is 1. The minimum absolute atomic E-state index is 0.546. The maximum atomic E-state index is 6.27. The summed E-state index contributed by atoms with van der Waals surface area (Å²) in [7, 11) is 0. The van der Waals surface area contributed by atoms with Gasteiger partial charge in [0.05, 0.1) is 11.3 Å². The first kappa shape index (κ1) is 16.7. The van der Waals surface area contributed by atoms with Gasteiger partial charge in [-0.15, -0.1) is 10.2 Å². The molecule has 0 atom stereocenters. The molecule has 0 unspecified atom stereocenters. The van der Waals surface area contributed by atoms with Gasteiger partial charge in [-0.1, -0.05) is 35.0 Å². The van der Waals surface area contributed by atoms with Gasteiger partial charge in [0.1, 0.15) is 11.5 Å².